The molecule has 4 aromatic rings. The van der Waals surface area contributed by atoms with E-state index in [1.54, 1.807) is 6.07 Å². The van der Waals surface area contributed by atoms with E-state index in [1.165, 1.54) is 0 Å². The number of likely N-dealkylation sites (N-methyl/N-ethyl adjacent to an activating group) is 1. The molecule has 0 saturated carbocycles. The van der Waals surface area contributed by atoms with Crippen LogP contribution in [0.15, 0.2) is 36.4 Å². The summed E-state index contributed by atoms with van der Waals surface area (Å²) < 4.78 is 0. The van der Waals surface area contributed by atoms with Crippen LogP contribution >= 0.6 is 0 Å². The van der Waals surface area contributed by atoms with Crippen LogP contribution in [-0.2, 0) is 24.2 Å². The number of benzene rings is 2. The van der Waals surface area contributed by atoms with E-state index in [4.69, 9.17) is 4.98 Å². The van der Waals surface area contributed by atoms with Crippen LogP contribution in [-0.4, -0.2) is 90.7 Å². The van der Waals surface area contributed by atoms with Crippen molar-refractivity contribution in [1.29, 1.82) is 0 Å². The van der Waals surface area contributed by atoms with Crippen LogP contribution in [0.1, 0.15) is 30.8 Å². The summed E-state index contributed by atoms with van der Waals surface area (Å²) in [6.45, 7) is 5.85. The lowest BCUT2D eigenvalue weighted by Gasteiger charge is -2.61. The Morgan fingerprint density at radius 1 is 1.18 bits per heavy atom. The highest BCUT2D eigenvalue weighted by Crippen LogP contribution is 2.39. The van der Waals surface area contributed by atoms with Gasteiger partial charge in [0.2, 0.25) is 5.91 Å². The van der Waals surface area contributed by atoms with Gasteiger partial charge in [-0.25, -0.2) is 4.98 Å². The molecule has 2 saturated heterocycles. The van der Waals surface area contributed by atoms with E-state index in [0.717, 1.165) is 63.5 Å². The van der Waals surface area contributed by atoms with Gasteiger partial charge in [-0.05, 0) is 68.4 Å². The molecule has 0 radical (unpaired) electrons. The van der Waals surface area contributed by atoms with Gasteiger partial charge in [-0.1, -0.05) is 19.1 Å². The summed E-state index contributed by atoms with van der Waals surface area (Å²) in [4.78, 5) is 28.5. The molecule has 2 aromatic carbocycles. The first-order chi connectivity index (χ1) is 18.3. The van der Waals surface area contributed by atoms with Crippen molar-refractivity contribution in [3.8, 4) is 28.4 Å². The molecule has 9 heteroatoms. The first kappa shape index (κ1) is 23.4. The topological polar surface area (TPSA) is 104 Å². The molecule has 1 amide bonds. The lowest BCUT2D eigenvalue weighted by Crippen LogP contribution is -2.79. The molecule has 3 unspecified atom stereocenters. The highest BCUT2D eigenvalue weighted by Gasteiger charge is 2.55. The first-order valence-electron chi connectivity index (χ1n) is 13.4. The van der Waals surface area contributed by atoms with Gasteiger partial charge < -0.3 is 19.9 Å². The van der Waals surface area contributed by atoms with E-state index in [0.29, 0.717) is 19.0 Å². The Hall–Kier alpha value is -3.69. The molecule has 7 rings (SSSR count). The number of nitrogens with one attached hydrogen (secondary N) is 2. The maximum Gasteiger partial charge on any atom is 0.240 e. The maximum atomic E-state index is 13.4. The molecule has 3 aliphatic heterocycles. The minimum atomic E-state index is -0.149. The van der Waals surface area contributed by atoms with Gasteiger partial charge >= 0.3 is 0 Å². The standard InChI is InChI=1S/C29H33N7O2/c1-5-16-10-18(37)7-9-19(16)17-6-8-20-21(11-17)32-33-26(20)28-30-22-12-24-29(38)36-14-25(34(3)4)27(36)15(2)35(24)13-23(22)31-28/h6-11,15,24-25,27,37H,5,12-14H2,1-4H3,(H,30,31)(H,32,33)/t15?,24-,25?,27?/m0/s1. The summed E-state index contributed by atoms with van der Waals surface area (Å²) in [6.07, 6.45) is 1.46. The molecule has 5 heterocycles. The number of fused-ring (bicyclic) bond motifs is 4. The van der Waals surface area contributed by atoms with E-state index < -0.39 is 0 Å². The number of amides is 1. The van der Waals surface area contributed by atoms with Crippen molar-refractivity contribution >= 4 is 16.8 Å². The van der Waals surface area contributed by atoms with Crippen molar-refractivity contribution in [3.05, 3.63) is 53.3 Å². The third-order valence-electron chi connectivity index (χ3n) is 8.95. The van der Waals surface area contributed by atoms with Crippen LogP contribution < -0.4 is 0 Å². The SMILES string of the molecule is CCc1cc(O)ccc1-c1ccc2c(-c3nc4c([nH]3)CN3C(C)C5C(N(C)C)CN5C(=O)[C@@H]3C4)n[nH]c2c1. The van der Waals surface area contributed by atoms with Crippen molar-refractivity contribution in [2.24, 2.45) is 0 Å². The number of piperazine rings is 1. The second-order valence-electron chi connectivity index (χ2n) is 11.2. The summed E-state index contributed by atoms with van der Waals surface area (Å²) >= 11 is 0. The molecular formula is C29H33N7O2. The number of H-pyrrole nitrogens is 2. The Bertz CT molecular complexity index is 1570. The quantitative estimate of drug-likeness (QED) is 0.389. The third kappa shape index (κ3) is 3.34. The van der Waals surface area contributed by atoms with Gasteiger partial charge in [0.15, 0.2) is 5.82 Å². The van der Waals surface area contributed by atoms with Crippen LogP contribution in [0.3, 0.4) is 0 Å². The highest BCUT2D eigenvalue weighted by atomic mass is 16.3. The molecule has 3 aliphatic rings. The van der Waals surface area contributed by atoms with E-state index in [9.17, 15) is 9.90 Å². The Balaban J connectivity index is 1.20. The highest BCUT2D eigenvalue weighted by molar-refractivity contribution is 5.94. The zero-order chi connectivity index (χ0) is 26.3. The predicted octanol–water partition coefficient (Wildman–Crippen LogP) is 3.16. The number of aromatic hydroxyl groups is 1. The number of phenols is 1. The average molecular weight is 512 g/mol. The summed E-state index contributed by atoms with van der Waals surface area (Å²) in [5.41, 5.74) is 7.05. The lowest BCUT2D eigenvalue weighted by molar-refractivity contribution is -0.172. The minimum absolute atomic E-state index is 0.149. The number of carbonyl (C=O) groups is 1. The number of hydrogen-bond acceptors (Lipinski definition) is 6. The third-order valence-corrected chi connectivity index (χ3v) is 8.95. The largest absolute Gasteiger partial charge is 0.508 e. The molecule has 38 heavy (non-hydrogen) atoms. The molecule has 0 aliphatic carbocycles. The number of carbonyl (C=O) groups excluding carboxylic acids is 1. The first-order valence-corrected chi connectivity index (χ1v) is 13.4. The van der Waals surface area contributed by atoms with Crippen LogP contribution in [0.5, 0.6) is 5.75 Å². The molecule has 196 valence electrons. The Labute approximate surface area is 221 Å². The second-order valence-corrected chi connectivity index (χ2v) is 11.2. The molecule has 0 spiro atoms. The zero-order valence-electron chi connectivity index (χ0n) is 22.2. The van der Waals surface area contributed by atoms with Crippen LogP contribution in [0.25, 0.3) is 33.5 Å². The molecular weight excluding hydrogens is 478 g/mol. The van der Waals surface area contributed by atoms with Gasteiger partial charge in [-0.2, -0.15) is 5.10 Å². The van der Waals surface area contributed by atoms with Crippen molar-refractivity contribution < 1.29 is 9.90 Å². The summed E-state index contributed by atoms with van der Waals surface area (Å²) in [7, 11) is 4.21. The number of rotatable bonds is 4. The predicted molar refractivity (Wildman–Crippen MR) is 146 cm³/mol. The molecule has 3 N–H and O–H groups in total. The van der Waals surface area contributed by atoms with Crippen molar-refractivity contribution in [3.63, 3.8) is 0 Å². The number of phenolic OH excluding ortho intramolecular Hbond substituents is 1. The fourth-order valence-corrected chi connectivity index (χ4v) is 6.81. The van der Waals surface area contributed by atoms with Gasteiger partial charge in [0.1, 0.15) is 11.4 Å². The van der Waals surface area contributed by atoms with Crippen molar-refractivity contribution in [2.45, 2.75) is 57.4 Å². The number of aryl methyl sites for hydroxylation is 1. The molecule has 2 fully saturated rings. The van der Waals surface area contributed by atoms with Crippen LogP contribution in [0.4, 0.5) is 0 Å². The van der Waals surface area contributed by atoms with Crippen molar-refractivity contribution in [1.82, 2.24) is 34.9 Å². The number of nitrogens with zero attached hydrogens (tertiary/aromatic N) is 5. The molecule has 9 nitrogen and oxygen atoms in total. The van der Waals surface area contributed by atoms with E-state index in [1.807, 2.05) is 12.1 Å². The van der Waals surface area contributed by atoms with E-state index in [2.05, 4.69) is 76.0 Å². The summed E-state index contributed by atoms with van der Waals surface area (Å²) in [6, 6.07) is 12.6. The summed E-state index contributed by atoms with van der Waals surface area (Å²) in [5, 5.41) is 18.7. The second kappa shape index (κ2) is 8.41. The van der Waals surface area contributed by atoms with Gasteiger partial charge in [0.25, 0.3) is 0 Å². The Kier molecular flexibility index (Phi) is 5.18. The van der Waals surface area contributed by atoms with Gasteiger partial charge in [-0.3, -0.25) is 14.8 Å². The molecule has 2 aromatic heterocycles. The fraction of sp³-hybridized carbons (Fsp3) is 0.414. The smallest absolute Gasteiger partial charge is 0.240 e. The van der Waals surface area contributed by atoms with Crippen molar-refractivity contribution in [2.75, 3.05) is 20.6 Å². The van der Waals surface area contributed by atoms with Gasteiger partial charge in [0.05, 0.1) is 29.0 Å². The number of imidazole rings is 1. The molecule has 0 bridgehead atoms. The summed E-state index contributed by atoms with van der Waals surface area (Å²) in [5.74, 6) is 1.26. The fourth-order valence-electron chi connectivity index (χ4n) is 6.81. The monoisotopic (exact) mass is 511 g/mol. The average Bonchev–Trinajstić information content (AvgIpc) is 3.49. The van der Waals surface area contributed by atoms with E-state index in [-0.39, 0.29) is 29.8 Å². The number of aromatic nitrogens is 4. The van der Waals surface area contributed by atoms with Gasteiger partial charge in [0, 0.05) is 37.0 Å². The molecule has 4 atom stereocenters. The van der Waals surface area contributed by atoms with Gasteiger partial charge in [-0.15, -0.1) is 0 Å². The minimum Gasteiger partial charge on any atom is -0.508 e. The van der Waals surface area contributed by atoms with Crippen LogP contribution in [0, 0.1) is 0 Å². The number of hydrogen-bond donors (Lipinski definition) is 3. The van der Waals surface area contributed by atoms with Crippen LogP contribution in [0.2, 0.25) is 0 Å². The Morgan fingerprint density at radius 3 is 2.82 bits per heavy atom. The Morgan fingerprint density at radius 2 is 2.03 bits per heavy atom. The maximum absolute atomic E-state index is 13.4. The lowest BCUT2D eigenvalue weighted by atomic mass is 9.81. The van der Waals surface area contributed by atoms with E-state index >= 15 is 0 Å². The zero-order valence-corrected chi connectivity index (χ0v) is 22.2. The normalized spacial score (nSPS) is 24.9. The number of aromatic amines is 2.